The van der Waals surface area contributed by atoms with Gasteiger partial charge >= 0.3 is 5.76 Å². The Morgan fingerprint density at radius 1 is 1.53 bits per heavy atom. The van der Waals surface area contributed by atoms with Crippen molar-refractivity contribution in [1.82, 2.24) is 4.98 Å². The van der Waals surface area contributed by atoms with Crippen molar-refractivity contribution < 1.29 is 9.52 Å². The van der Waals surface area contributed by atoms with Gasteiger partial charge in [-0.25, -0.2) is 4.79 Å². The number of aliphatic hydroxyl groups excluding tert-OH is 1. The zero-order valence-corrected chi connectivity index (χ0v) is 9.64. The zero-order valence-electron chi connectivity index (χ0n) is 9.64. The summed E-state index contributed by atoms with van der Waals surface area (Å²) in [5.41, 5.74) is 8.11. The number of benzene rings is 1. The van der Waals surface area contributed by atoms with Gasteiger partial charge in [0.05, 0.1) is 5.52 Å². The number of aromatic nitrogens is 1. The van der Waals surface area contributed by atoms with E-state index in [0.717, 1.165) is 12.0 Å². The summed E-state index contributed by atoms with van der Waals surface area (Å²) in [5.74, 6) is -0.453. The largest absolute Gasteiger partial charge is 0.417 e. The molecule has 0 saturated carbocycles. The van der Waals surface area contributed by atoms with E-state index in [1.54, 1.807) is 12.1 Å². The van der Waals surface area contributed by atoms with E-state index in [-0.39, 0.29) is 18.6 Å². The molecule has 17 heavy (non-hydrogen) atoms. The molecule has 5 nitrogen and oxygen atoms in total. The van der Waals surface area contributed by atoms with Crippen molar-refractivity contribution in [2.75, 3.05) is 6.61 Å². The number of fused-ring (bicyclic) bond motifs is 1. The van der Waals surface area contributed by atoms with Crippen LogP contribution in [-0.2, 0) is 0 Å². The lowest BCUT2D eigenvalue weighted by Crippen LogP contribution is -2.23. The normalized spacial score (nSPS) is 15.0. The Bertz CT molecular complexity index is 554. The van der Waals surface area contributed by atoms with Gasteiger partial charge in [-0.3, -0.25) is 4.98 Å². The van der Waals surface area contributed by atoms with Crippen LogP contribution in [0.3, 0.4) is 0 Å². The highest BCUT2D eigenvalue weighted by Crippen LogP contribution is 2.24. The number of oxazole rings is 1. The van der Waals surface area contributed by atoms with Gasteiger partial charge in [0.1, 0.15) is 0 Å². The molecule has 0 aliphatic carbocycles. The molecule has 2 unspecified atom stereocenters. The number of nitrogens with one attached hydrogen (secondary N) is 1. The van der Waals surface area contributed by atoms with Crippen molar-refractivity contribution in [3.8, 4) is 0 Å². The summed E-state index contributed by atoms with van der Waals surface area (Å²) >= 11 is 0. The van der Waals surface area contributed by atoms with E-state index in [1.807, 2.05) is 13.0 Å². The molecule has 4 N–H and O–H groups in total. The van der Waals surface area contributed by atoms with Crippen LogP contribution >= 0.6 is 0 Å². The Morgan fingerprint density at radius 2 is 2.29 bits per heavy atom. The Kier molecular flexibility index (Phi) is 3.31. The molecule has 1 aromatic carbocycles. The topological polar surface area (TPSA) is 92.2 Å². The number of hydrogen-bond acceptors (Lipinski definition) is 4. The minimum Gasteiger partial charge on any atom is -0.408 e. The Hall–Kier alpha value is -1.59. The lowest BCUT2D eigenvalue weighted by molar-refractivity contribution is 0.201. The van der Waals surface area contributed by atoms with Crippen LogP contribution in [0.15, 0.2) is 27.4 Å². The lowest BCUT2D eigenvalue weighted by atomic mass is 9.92. The molecule has 0 aliphatic rings. The molecular weight excluding hydrogens is 220 g/mol. The van der Waals surface area contributed by atoms with Crippen LogP contribution in [0.25, 0.3) is 11.1 Å². The van der Waals surface area contributed by atoms with E-state index in [0.29, 0.717) is 11.1 Å². The fourth-order valence-corrected chi connectivity index (χ4v) is 1.95. The quantitative estimate of drug-likeness (QED) is 0.742. The second-order valence-corrected chi connectivity index (χ2v) is 4.15. The van der Waals surface area contributed by atoms with Crippen molar-refractivity contribution in [2.45, 2.75) is 19.4 Å². The highest BCUT2D eigenvalue weighted by molar-refractivity contribution is 5.72. The van der Waals surface area contributed by atoms with Crippen molar-refractivity contribution in [1.29, 1.82) is 0 Å². The summed E-state index contributed by atoms with van der Waals surface area (Å²) in [5, 5.41) is 9.22. The van der Waals surface area contributed by atoms with Crippen molar-refractivity contribution in [3.05, 3.63) is 34.3 Å². The van der Waals surface area contributed by atoms with Crippen molar-refractivity contribution >= 4 is 11.1 Å². The van der Waals surface area contributed by atoms with Gasteiger partial charge < -0.3 is 15.3 Å². The monoisotopic (exact) mass is 236 g/mol. The molecule has 5 heteroatoms. The molecule has 2 atom stereocenters. The molecule has 2 rings (SSSR count). The fourth-order valence-electron chi connectivity index (χ4n) is 1.95. The Labute approximate surface area is 98.2 Å². The maximum Gasteiger partial charge on any atom is 0.417 e. The number of aromatic amines is 1. The molecule has 0 aliphatic heterocycles. The van der Waals surface area contributed by atoms with Gasteiger partial charge in [-0.2, -0.15) is 0 Å². The Morgan fingerprint density at radius 3 is 2.94 bits per heavy atom. The van der Waals surface area contributed by atoms with E-state index >= 15 is 0 Å². The predicted molar refractivity (Wildman–Crippen MR) is 64.6 cm³/mol. The van der Waals surface area contributed by atoms with Crippen LogP contribution < -0.4 is 11.5 Å². The number of aliphatic hydroxyl groups is 1. The standard InChI is InChI=1S/C12H16N2O3/c1-2-7(6-15)11(13)8-3-4-10-9(5-8)14-12(16)17-10/h3-5,7,11,15H,2,6,13H2,1H3,(H,14,16). The third-order valence-electron chi connectivity index (χ3n) is 3.09. The highest BCUT2D eigenvalue weighted by Gasteiger charge is 2.17. The number of hydrogen-bond donors (Lipinski definition) is 3. The maximum atomic E-state index is 11.0. The minimum atomic E-state index is -0.472. The van der Waals surface area contributed by atoms with Crippen LogP contribution in [0.2, 0.25) is 0 Å². The van der Waals surface area contributed by atoms with Crippen LogP contribution in [0.4, 0.5) is 0 Å². The molecule has 0 bridgehead atoms. The first-order chi connectivity index (χ1) is 8.15. The van der Waals surface area contributed by atoms with Crippen LogP contribution in [0.5, 0.6) is 0 Å². The molecule has 92 valence electrons. The molecule has 0 saturated heterocycles. The first-order valence-electron chi connectivity index (χ1n) is 5.65. The predicted octanol–water partition coefficient (Wildman–Crippen LogP) is 1.14. The summed E-state index contributed by atoms with van der Waals surface area (Å²) in [6.07, 6.45) is 0.803. The third-order valence-corrected chi connectivity index (χ3v) is 3.09. The van der Waals surface area contributed by atoms with E-state index in [2.05, 4.69) is 4.98 Å². The van der Waals surface area contributed by atoms with Crippen molar-refractivity contribution in [3.63, 3.8) is 0 Å². The summed E-state index contributed by atoms with van der Waals surface area (Å²) in [6.45, 7) is 2.04. The highest BCUT2D eigenvalue weighted by atomic mass is 16.4. The average Bonchev–Trinajstić information content (AvgIpc) is 2.69. The summed E-state index contributed by atoms with van der Waals surface area (Å²) in [6, 6.07) is 5.09. The molecule has 0 spiro atoms. The second-order valence-electron chi connectivity index (χ2n) is 4.15. The van der Waals surface area contributed by atoms with Gasteiger partial charge in [-0.15, -0.1) is 0 Å². The number of H-pyrrole nitrogens is 1. The minimum absolute atomic E-state index is 0.0195. The van der Waals surface area contributed by atoms with Gasteiger partial charge in [0.15, 0.2) is 5.58 Å². The summed E-state index contributed by atoms with van der Waals surface area (Å²) in [4.78, 5) is 13.6. The van der Waals surface area contributed by atoms with Gasteiger partial charge in [0.25, 0.3) is 0 Å². The molecule has 1 heterocycles. The Balaban J connectivity index is 2.38. The molecule has 0 fully saturated rings. The van der Waals surface area contributed by atoms with Crippen LogP contribution in [0.1, 0.15) is 24.9 Å². The third kappa shape index (κ3) is 2.25. The van der Waals surface area contributed by atoms with Gasteiger partial charge in [-0.1, -0.05) is 13.0 Å². The van der Waals surface area contributed by atoms with E-state index in [4.69, 9.17) is 10.2 Å². The van der Waals surface area contributed by atoms with E-state index < -0.39 is 5.76 Å². The summed E-state index contributed by atoms with van der Waals surface area (Å²) in [7, 11) is 0. The molecule has 0 amide bonds. The van der Waals surface area contributed by atoms with Gasteiger partial charge in [-0.05, 0) is 24.1 Å². The van der Waals surface area contributed by atoms with Crippen LogP contribution in [-0.4, -0.2) is 16.7 Å². The first kappa shape index (κ1) is 11.9. The fraction of sp³-hybridized carbons (Fsp3) is 0.417. The van der Waals surface area contributed by atoms with Crippen LogP contribution in [0, 0.1) is 5.92 Å². The molecule has 2 aromatic rings. The first-order valence-corrected chi connectivity index (χ1v) is 5.65. The van der Waals surface area contributed by atoms with Gasteiger partial charge in [0.2, 0.25) is 0 Å². The second kappa shape index (κ2) is 4.73. The molecule has 1 aromatic heterocycles. The molecule has 0 radical (unpaired) electrons. The maximum absolute atomic E-state index is 11.0. The van der Waals surface area contributed by atoms with Crippen molar-refractivity contribution in [2.24, 2.45) is 11.7 Å². The number of nitrogens with two attached hydrogens (primary N) is 1. The number of rotatable bonds is 4. The van der Waals surface area contributed by atoms with Gasteiger partial charge in [0, 0.05) is 18.6 Å². The zero-order chi connectivity index (χ0) is 12.4. The summed E-state index contributed by atoms with van der Waals surface area (Å²) < 4.78 is 4.91. The smallest absolute Gasteiger partial charge is 0.408 e. The molecular formula is C12H16N2O3. The SMILES string of the molecule is CCC(CO)C(N)c1ccc2oc(=O)[nH]c2c1. The van der Waals surface area contributed by atoms with E-state index in [9.17, 15) is 9.90 Å². The average molecular weight is 236 g/mol. The lowest BCUT2D eigenvalue weighted by Gasteiger charge is -2.20. The van der Waals surface area contributed by atoms with E-state index in [1.165, 1.54) is 0 Å².